The van der Waals surface area contributed by atoms with Gasteiger partial charge in [0.15, 0.2) is 0 Å². The van der Waals surface area contributed by atoms with Crippen LogP contribution in [0.25, 0.3) is 10.4 Å². The third-order valence-corrected chi connectivity index (χ3v) is 22.7. The summed E-state index contributed by atoms with van der Waals surface area (Å²) in [4.78, 5) is 141. The molecule has 8 N–H and O–H groups in total. The first-order chi connectivity index (χ1) is 50.6. The van der Waals surface area contributed by atoms with E-state index in [0.29, 0.717) is 76.6 Å². The van der Waals surface area contributed by atoms with E-state index in [1.165, 1.54) is 28.4 Å². The summed E-state index contributed by atoms with van der Waals surface area (Å²) >= 11 is 0. The Hall–Kier alpha value is -7.46. The number of aliphatic carboxylic acids is 1. The van der Waals surface area contributed by atoms with Gasteiger partial charge >= 0.3 is 5.97 Å². The van der Waals surface area contributed by atoms with E-state index in [1.807, 2.05) is 92.3 Å². The number of anilines is 1. The zero-order valence-electron chi connectivity index (χ0n) is 67.9. The normalized spacial score (nSPS) is 19.7. The van der Waals surface area contributed by atoms with Gasteiger partial charge in [-0.2, -0.15) is 0 Å². The topological polar surface area (TPSA) is 362 Å². The highest BCUT2D eigenvalue weighted by molar-refractivity contribution is 5.92. The summed E-state index contributed by atoms with van der Waals surface area (Å²) in [7, 11) is 14.7. The Labute approximate surface area is 637 Å². The molecule has 2 fully saturated rings. The molecule has 8 amide bonds. The maximum Gasteiger partial charge on any atom is 0.326 e. The highest BCUT2D eigenvalue weighted by atomic mass is 16.5. The fraction of sp³-hybridized carbons (Fsp3) is 0.734. The van der Waals surface area contributed by atoms with Gasteiger partial charge in [0.05, 0.1) is 85.3 Å². The van der Waals surface area contributed by atoms with E-state index in [2.05, 4.69) is 36.6 Å². The van der Waals surface area contributed by atoms with E-state index in [4.69, 9.17) is 30.2 Å². The average molecular weight is 1500 g/mol. The summed E-state index contributed by atoms with van der Waals surface area (Å²) in [5, 5.41) is 29.0. The second-order valence-electron chi connectivity index (χ2n) is 31.0. The van der Waals surface area contributed by atoms with Crippen LogP contribution < -0.4 is 32.3 Å². The molecule has 4 rings (SSSR count). The SMILES string of the molecule is CC[C@H](C)C([C@@H](CC(=O)N1CCC[C@H]1[C@H](OC)[C@@H](C)C(=O)N[C@H](CN=[N+]=[N-])Cc1ccc(N)cc1)OC)N(C)C(=O)[C@@H](NC(=O)[C@H](C(C)CCC(C)[C@H](NC(=O)[C@@H](NC)C(C)C)C(=O)N(C)C([C@@H](C)CC)[C@@H](CC(=O)N1CCC[C@H]1C(OC)[C@@H](C)C(=O)N[C@@H](Cc1ccccc1)C(=O)O)OC)N(C)C)C(C)C. The van der Waals surface area contributed by atoms with Crippen LogP contribution in [-0.2, 0) is 74.9 Å². The zero-order chi connectivity index (χ0) is 80.3. The molecule has 2 aromatic rings. The van der Waals surface area contributed by atoms with Gasteiger partial charge in [-0.15, -0.1) is 0 Å². The number of hydrogen-bond acceptors (Lipinski definition) is 17. The molecule has 602 valence electrons. The maximum atomic E-state index is 15.5. The van der Waals surface area contributed by atoms with Gasteiger partial charge in [-0.05, 0) is 130 Å². The van der Waals surface area contributed by atoms with Crippen LogP contribution in [0.5, 0.6) is 0 Å². The number of hydrogen-bond donors (Lipinski definition) is 7. The molecule has 2 heterocycles. The molecule has 0 saturated carbocycles. The van der Waals surface area contributed by atoms with Crippen molar-refractivity contribution < 1.29 is 67.2 Å². The molecule has 0 bridgehead atoms. The molecule has 2 aromatic carbocycles. The standard InChI is InChI=1S/C79H132N14O14/c1-22-48(7)68(61(104-18)43-63(94)92-39-27-31-59(92)71(106-20)52(11)73(96)84-57(45-83-88-81)41-55-35-37-56(80)38-36-55)90(16)77(100)66(47(5)6)86-76(99)70(89(14)15)51(10)34-33-50(9)67(87-75(98)65(82-13)46(3)4)78(101)91(17)69(49(8)23-2)62(105-19)44-64(95)93-40-28-32-60(93)72(107-21)53(12)74(97)85-58(79(102)103)42-54-29-25-24-26-30-54/h24-26,29-30,35-38,46-53,57-62,65-72,82H,22-23,27-28,31-34,39-45,80H2,1-21H3,(H,84,96)(H,85,97)(H,86,99)(H,87,98)(H,102,103)/t48-,49-,50?,51?,52+,53+,57-,58-,59-,60-,61+,62+,65-,66-,67-,68?,69?,70-,71+,72?/m0/s1. The Bertz CT molecular complexity index is 3200. The number of carboxylic acid groups (broad SMARTS) is 1. The quantitative estimate of drug-likeness (QED) is 0.0150. The van der Waals surface area contributed by atoms with Crippen LogP contribution in [0.1, 0.15) is 158 Å². The third-order valence-electron chi connectivity index (χ3n) is 22.7. The van der Waals surface area contributed by atoms with Crippen molar-refractivity contribution in [2.24, 2.45) is 52.5 Å². The van der Waals surface area contributed by atoms with E-state index in [1.54, 1.807) is 105 Å². The number of rotatable bonds is 46. The first-order valence-corrected chi connectivity index (χ1v) is 38.5. The summed E-state index contributed by atoms with van der Waals surface area (Å²) in [5.74, 6) is -7.35. The molecule has 0 radical (unpaired) electrons. The van der Waals surface area contributed by atoms with E-state index in [0.717, 1.165) is 11.1 Å². The summed E-state index contributed by atoms with van der Waals surface area (Å²) in [5.41, 5.74) is 17.3. The molecule has 0 aromatic heterocycles. The predicted octanol–water partition coefficient (Wildman–Crippen LogP) is 7.11. The third kappa shape index (κ3) is 25.6. The van der Waals surface area contributed by atoms with Gasteiger partial charge in [0.25, 0.3) is 0 Å². The molecule has 0 spiro atoms. The van der Waals surface area contributed by atoms with Crippen LogP contribution in [0.4, 0.5) is 5.69 Å². The number of likely N-dealkylation sites (N-methyl/N-ethyl adjacent to an activating group) is 4. The number of nitrogens with zero attached hydrogens (tertiary/aromatic N) is 8. The Balaban J connectivity index is 1.55. The smallest absolute Gasteiger partial charge is 0.326 e. The molecule has 2 aliphatic rings. The van der Waals surface area contributed by atoms with E-state index < -0.39 is 120 Å². The van der Waals surface area contributed by atoms with Crippen molar-refractivity contribution in [1.82, 2.24) is 51.1 Å². The Morgan fingerprint density at radius 3 is 1.45 bits per heavy atom. The molecule has 2 saturated heterocycles. The number of nitrogens with one attached hydrogen (secondary N) is 5. The predicted molar refractivity (Wildman–Crippen MR) is 414 cm³/mol. The average Bonchev–Trinajstić information content (AvgIpc) is 1.80. The number of ether oxygens (including phenoxy) is 4. The van der Waals surface area contributed by atoms with Crippen LogP contribution in [0.15, 0.2) is 59.7 Å². The van der Waals surface area contributed by atoms with Crippen molar-refractivity contribution in [3.63, 3.8) is 0 Å². The Kier molecular flexibility index (Phi) is 38.6. The summed E-state index contributed by atoms with van der Waals surface area (Å²) < 4.78 is 24.4. The van der Waals surface area contributed by atoms with E-state index in [-0.39, 0.29) is 90.8 Å². The lowest BCUT2D eigenvalue weighted by atomic mass is 9.86. The van der Waals surface area contributed by atoms with Crippen molar-refractivity contribution in [3.05, 3.63) is 76.2 Å². The fourth-order valence-electron chi connectivity index (χ4n) is 16.0. The minimum absolute atomic E-state index is 0.0166. The van der Waals surface area contributed by atoms with Gasteiger partial charge in [0.2, 0.25) is 47.3 Å². The van der Waals surface area contributed by atoms with E-state index >= 15 is 9.59 Å². The number of methoxy groups -OCH3 is 4. The summed E-state index contributed by atoms with van der Waals surface area (Å²) in [6, 6.07) is 8.79. The van der Waals surface area contributed by atoms with Crippen LogP contribution in [-0.4, -0.2) is 251 Å². The summed E-state index contributed by atoms with van der Waals surface area (Å²) in [6.45, 7) is 23.6. The summed E-state index contributed by atoms with van der Waals surface area (Å²) in [6.07, 6.45) is 1.60. The Morgan fingerprint density at radius 1 is 0.579 bits per heavy atom. The number of likely N-dealkylation sites (tertiary alicyclic amines) is 2. The van der Waals surface area contributed by atoms with Gasteiger partial charge in [-0.3, -0.25) is 43.3 Å². The van der Waals surface area contributed by atoms with Gasteiger partial charge < -0.3 is 76.0 Å². The maximum absolute atomic E-state index is 15.5. The molecular weight excluding hydrogens is 1370 g/mol. The molecule has 2 aliphatic heterocycles. The minimum atomic E-state index is -1.20. The molecule has 28 heteroatoms. The molecular formula is C79H132N14O14. The van der Waals surface area contributed by atoms with Gasteiger partial charge in [0, 0.05) is 85.2 Å². The number of nitrogens with two attached hydrogens (primary N) is 1. The van der Waals surface area contributed by atoms with Gasteiger partial charge in [-0.25, -0.2) is 4.79 Å². The lowest BCUT2D eigenvalue weighted by Crippen LogP contribution is -2.60. The zero-order valence-corrected chi connectivity index (χ0v) is 67.9. The number of amides is 8. The molecule has 28 nitrogen and oxygen atoms in total. The molecule has 0 aliphatic carbocycles. The second-order valence-corrected chi connectivity index (χ2v) is 31.0. The van der Waals surface area contributed by atoms with Crippen LogP contribution in [0.3, 0.4) is 0 Å². The van der Waals surface area contributed by atoms with Crippen molar-refractivity contribution in [2.45, 2.75) is 245 Å². The minimum Gasteiger partial charge on any atom is -0.480 e. The number of carbonyl (C=O) groups excluding carboxylic acids is 8. The monoisotopic (exact) mass is 1500 g/mol. The first-order valence-electron chi connectivity index (χ1n) is 38.5. The van der Waals surface area contributed by atoms with Crippen LogP contribution >= 0.6 is 0 Å². The highest BCUT2D eigenvalue weighted by Crippen LogP contribution is 2.33. The number of azide groups is 1. The second kappa shape index (κ2) is 44.9. The largest absolute Gasteiger partial charge is 0.480 e. The van der Waals surface area contributed by atoms with Crippen molar-refractivity contribution >= 4 is 58.9 Å². The van der Waals surface area contributed by atoms with Crippen molar-refractivity contribution in [3.8, 4) is 0 Å². The highest BCUT2D eigenvalue weighted by Gasteiger charge is 2.47. The van der Waals surface area contributed by atoms with Gasteiger partial charge in [-0.1, -0.05) is 144 Å². The lowest BCUT2D eigenvalue weighted by molar-refractivity contribution is -0.148. The van der Waals surface area contributed by atoms with Crippen molar-refractivity contribution in [2.75, 3.05) is 89.0 Å². The van der Waals surface area contributed by atoms with Gasteiger partial charge in [0.1, 0.15) is 18.1 Å². The van der Waals surface area contributed by atoms with Crippen LogP contribution in [0, 0.1) is 47.3 Å². The molecule has 5 unspecified atom stereocenters. The van der Waals surface area contributed by atoms with Crippen LogP contribution in [0.2, 0.25) is 0 Å². The molecule has 20 atom stereocenters. The number of benzene rings is 2. The first kappa shape index (κ1) is 91.9. The number of carbonyl (C=O) groups is 9. The fourth-order valence-corrected chi connectivity index (χ4v) is 16.0. The van der Waals surface area contributed by atoms with Crippen molar-refractivity contribution in [1.29, 1.82) is 0 Å². The lowest BCUT2D eigenvalue weighted by Gasteiger charge is -2.41. The Morgan fingerprint density at radius 2 is 1.03 bits per heavy atom. The van der Waals surface area contributed by atoms with E-state index in [9.17, 15) is 38.7 Å². The molecule has 107 heavy (non-hydrogen) atoms. The number of nitrogen functional groups attached to an aromatic ring is 1. The number of carboxylic acids is 1.